The van der Waals surface area contributed by atoms with Crippen molar-refractivity contribution in [2.24, 2.45) is 17.6 Å². The van der Waals surface area contributed by atoms with Gasteiger partial charge in [-0.15, -0.1) is 0 Å². The van der Waals surface area contributed by atoms with Gasteiger partial charge in [0.2, 0.25) is 12.2 Å². The van der Waals surface area contributed by atoms with E-state index in [9.17, 15) is 54.0 Å². The molecule has 1 aromatic rings. The molecule has 0 radical (unpaired) electrons. The summed E-state index contributed by atoms with van der Waals surface area (Å²) < 4.78 is 64.2. The van der Waals surface area contributed by atoms with Gasteiger partial charge in [0.25, 0.3) is 5.56 Å². The Morgan fingerprint density at radius 1 is 0.747 bits per heavy atom. The molecule has 4 aliphatic rings. The molecule has 27 heteroatoms. The summed E-state index contributed by atoms with van der Waals surface area (Å²) in [5.74, 6) is -4.19. The number of esters is 4. The van der Waals surface area contributed by atoms with Gasteiger partial charge in [0.05, 0.1) is 19.6 Å². The second-order valence-electron chi connectivity index (χ2n) is 21.4. The van der Waals surface area contributed by atoms with E-state index in [1.54, 1.807) is 13.8 Å². The maximum atomic E-state index is 14.9. The number of carbonyl (C=O) groups excluding carboxylic acids is 5. The van der Waals surface area contributed by atoms with Crippen LogP contribution in [0.1, 0.15) is 105 Å². The maximum absolute atomic E-state index is 14.9. The Bertz CT molecular complexity index is 2250. The molecule has 7 N–H and O–H groups in total. The molecule has 4 saturated heterocycles. The molecule has 5 rings (SSSR count). The van der Waals surface area contributed by atoms with Gasteiger partial charge in [0, 0.05) is 66.6 Å². The van der Waals surface area contributed by atoms with E-state index in [-0.39, 0.29) is 25.8 Å². The molecule has 4 fully saturated rings. The van der Waals surface area contributed by atoms with Crippen molar-refractivity contribution in [1.82, 2.24) is 19.4 Å². The van der Waals surface area contributed by atoms with Crippen molar-refractivity contribution < 1.29 is 96.5 Å². The third-order valence-corrected chi connectivity index (χ3v) is 15.0. The number of nitrogens with one attached hydrogen (secondary N) is 1. The smallest absolute Gasteiger partial charge is 0.332 e. The Morgan fingerprint density at radius 3 is 1.96 bits per heavy atom. The fourth-order valence-corrected chi connectivity index (χ4v) is 10.7. The molecule has 0 bridgehead atoms. The molecule has 4 aliphatic heterocycles. The number of rotatable bonds is 28. The van der Waals surface area contributed by atoms with Gasteiger partial charge >= 0.3 is 29.6 Å². The van der Waals surface area contributed by atoms with E-state index in [1.165, 1.54) is 40.3 Å². The van der Waals surface area contributed by atoms with Gasteiger partial charge in [-0.25, -0.2) is 9.59 Å². The van der Waals surface area contributed by atoms with E-state index >= 15 is 0 Å². The van der Waals surface area contributed by atoms with E-state index in [4.69, 9.17) is 57.8 Å². The van der Waals surface area contributed by atoms with E-state index in [0.717, 1.165) is 67.4 Å². The Kier molecular flexibility index (Phi) is 25.2. The highest BCUT2D eigenvalue weighted by Crippen LogP contribution is 2.37. The number of aromatic nitrogens is 2. The van der Waals surface area contributed by atoms with Crippen LogP contribution in [-0.2, 0) is 76.1 Å². The first-order valence-electron chi connectivity index (χ1n) is 27.1. The van der Waals surface area contributed by atoms with E-state index in [0.29, 0.717) is 12.3 Å². The number of hydrogen-bond acceptors (Lipinski definition) is 24. The van der Waals surface area contributed by atoms with Crippen LogP contribution >= 0.6 is 0 Å². The highest BCUT2D eigenvalue weighted by atomic mass is 16.7. The quantitative estimate of drug-likeness (QED) is 0.0333. The number of hydrogen-bond donors (Lipinski definition) is 6. The molecule has 0 spiro atoms. The minimum absolute atomic E-state index is 0.204. The van der Waals surface area contributed by atoms with Gasteiger partial charge in [-0.1, -0.05) is 59.3 Å². The summed E-state index contributed by atoms with van der Waals surface area (Å²) in [5.41, 5.74) is 3.99. The van der Waals surface area contributed by atoms with E-state index in [2.05, 4.69) is 13.8 Å². The number of aromatic amines is 1. The number of nitrogens with two attached hydrogens (primary N) is 1. The molecule has 5 heterocycles. The monoisotopic (exact) mass is 1130 g/mol. The zero-order chi connectivity index (χ0) is 58.4. The third kappa shape index (κ3) is 16.8. The second-order valence-corrected chi connectivity index (χ2v) is 21.4. The average Bonchev–Trinajstić information content (AvgIpc) is 4.09. The van der Waals surface area contributed by atoms with Crippen LogP contribution in [0, 0.1) is 11.8 Å². The van der Waals surface area contributed by atoms with Crippen LogP contribution in [0.3, 0.4) is 0 Å². The third-order valence-electron chi connectivity index (χ3n) is 15.0. The minimum Gasteiger partial charge on any atom is -0.467 e. The highest BCUT2D eigenvalue weighted by Gasteiger charge is 2.57. The van der Waals surface area contributed by atoms with Gasteiger partial charge in [0.15, 0.2) is 18.6 Å². The molecule has 0 saturated carbocycles. The molecular weight excluding hydrogens is 1050 g/mol. The first kappa shape index (κ1) is 65.3. The van der Waals surface area contributed by atoms with Gasteiger partial charge in [-0.05, 0) is 38.6 Å². The largest absolute Gasteiger partial charge is 0.467 e. The number of aliphatic hydroxyl groups is 4. The van der Waals surface area contributed by atoms with Crippen molar-refractivity contribution in [3.8, 4) is 0 Å². The Balaban J connectivity index is 1.35. The minimum atomic E-state index is -1.94. The van der Waals surface area contributed by atoms with Crippen LogP contribution in [0.15, 0.2) is 21.9 Å². The van der Waals surface area contributed by atoms with Crippen molar-refractivity contribution in [3.63, 3.8) is 0 Å². The molecule has 1 amide bonds. The van der Waals surface area contributed by atoms with Gasteiger partial charge in [0.1, 0.15) is 79.3 Å². The summed E-state index contributed by atoms with van der Waals surface area (Å²) in [6.45, 7) is 7.07. The Labute approximate surface area is 459 Å². The molecule has 0 aliphatic carbocycles. The zero-order valence-corrected chi connectivity index (χ0v) is 47.0. The van der Waals surface area contributed by atoms with Crippen molar-refractivity contribution in [2.75, 3.05) is 55.6 Å². The predicted octanol–water partition coefficient (Wildman–Crippen LogP) is -1.000. The fourth-order valence-electron chi connectivity index (χ4n) is 10.7. The average molecular weight is 1130 g/mol. The normalized spacial score (nSPS) is 32.6. The van der Waals surface area contributed by atoms with Gasteiger partial charge in [-0.3, -0.25) is 38.4 Å². The van der Waals surface area contributed by atoms with Crippen LogP contribution in [-0.4, -0.2) is 229 Å². The number of amides is 1. The summed E-state index contributed by atoms with van der Waals surface area (Å²) in [7, 11) is 8.10. The van der Waals surface area contributed by atoms with Crippen LogP contribution in [0.2, 0.25) is 0 Å². The Morgan fingerprint density at radius 2 is 1.37 bits per heavy atom. The molecule has 450 valence electrons. The lowest BCUT2D eigenvalue weighted by Gasteiger charge is -2.43. The standard InChI is InChI=1S/C52H85N5O22/c1-26(2)17-15-13-11-12-14-16-18-29(74-33(59)21-27(3)22-34(60)77-51-46(71-9)45(70-8)42(69-7)28(4)73-51)23-35(61)75-31-25-55(5)37(47(66)56(6)36(31)49(67)72-10)43(79-50-41(65)38(62)30(24-53)76-50)44-39(63)40(64)48(78-44)57-20-19-32(58)54-52(57)68/h19-20,26-31,36-46,48,50-51,62-65H,11-18,21-25,53H2,1-10H3,(H,54,58,68)/t27?,28?,29?,30-,31+,36?,37?,38-,39+,40-,41-,42?,43+,44?,45?,46?,48?,50?,51?/m1/s1. The summed E-state index contributed by atoms with van der Waals surface area (Å²) in [4.78, 5) is 98.7. The molecule has 1 aromatic heterocycles. The first-order chi connectivity index (χ1) is 37.5. The molecule has 12 unspecified atom stereocenters. The van der Waals surface area contributed by atoms with Gasteiger partial charge < -0.3 is 83.2 Å². The topological polar surface area (TPSA) is 355 Å². The number of methoxy groups -OCH3 is 4. The predicted molar refractivity (Wildman–Crippen MR) is 274 cm³/mol. The summed E-state index contributed by atoms with van der Waals surface area (Å²) in [5, 5.41) is 44.7. The van der Waals surface area contributed by atoms with Gasteiger partial charge in [-0.2, -0.15) is 0 Å². The summed E-state index contributed by atoms with van der Waals surface area (Å²) >= 11 is 0. The number of H-pyrrole nitrogens is 1. The number of likely N-dealkylation sites (N-methyl/N-ethyl adjacent to an activating group) is 2. The molecule has 0 aromatic carbocycles. The van der Waals surface area contributed by atoms with E-state index < -0.39 is 170 Å². The van der Waals surface area contributed by atoms with Crippen molar-refractivity contribution in [2.45, 2.75) is 209 Å². The number of unbranched alkanes of at least 4 members (excludes halogenated alkanes) is 5. The maximum Gasteiger partial charge on any atom is 0.332 e. The number of nitrogens with zero attached hydrogens (tertiary/aromatic N) is 3. The number of carbonyl (C=O) groups is 5. The first-order valence-corrected chi connectivity index (χ1v) is 27.1. The van der Waals surface area contributed by atoms with Crippen LogP contribution < -0.4 is 17.0 Å². The van der Waals surface area contributed by atoms with Crippen LogP contribution in [0.25, 0.3) is 0 Å². The lowest BCUT2D eigenvalue weighted by atomic mass is 9.97. The van der Waals surface area contributed by atoms with Crippen molar-refractivity contribution in [3.05, 3.63) is 33.1 Å². The zero-order valence-electron chi connectivity index (χ0n) is 47.0. The lowest BCUT2D eigenvalue weighted by Crippen LogP contribution is -2.59. The van der Waals surface area contributed by atoms with Crippen molar-refractivity contribution >= 4 is 29.8 Å². The highest BCUT2D eigenvalue weighted by molar-refractivity contribution is 5.89. The molecule has 79 heavy (non-hydrogen) atoms. The van der Waals surface area contributed by atoms with Crippen LogP contribution in [0.4, 0.5) is 0 Å². The number of ether oxygens (including phenoxy) is 11. The molecule has 19 atom stereocenters. The van der Waals surface area contributed by atoms with Crippen molar-refractivity contribution in [1.29, 1.82) is 0 Å². The van der Waals surface area contributed by atoms with E-state index in [1.807, 2.05) is 4.98 Å². The lowest BCUT2D eigenvalue weighted by molar-refractivity contribution is -0.297. The SMILES string of the molecule is COC(=O)C1[C@@H](OC(=O)CC(CCCCCCCCC(C)C)OC(=O)CC(C)CC(=O)OC2OC(C)C(OC)C(OC)C2OC)CN(C)C([C@H](OC2O[C@H](CN)[C@@H](O)[C@H]2O)C2OC(n3ccc(=O)[nH]c3=O)[C@H](O)[C@@H]2O)C(=O)N1C. The summed E-state index contributed by atoms with van der Waals surface area (Å²) in [6, 6.07) is -2.30. The summed E-state index contributed by atoms with van der Waals surface area (Å²) in [6.07, 6.45) is -14.4. The van der Waals surface area contributed by atoms with Crippen LogP contribution in [0.5, 0.6) is 0 Å². The molecule has 27 nitrogen and oxygen atoms in total. The Hall–Kier alpha value is -4.49. The molecular formula is C52H85N5O22. The second kappa shape index (κ2) is 30.5. The fraction of sp³-hybridized carbons (Fsp3) is 0.827. The number of aliphatic hydroxyl groups excluding tert-OH is 4.